The van der Waals surface area contributed by atoms with Crippen LogP contribution in [-0.2, 0) is 14.3 Å². The molecule has 192 valence electrons. The van der Waals surface area contributed by atoms with Crippen LogP contribution in [0.25, 0.3) is 5.76 Å². The topological polar surface area (TPSA) is 79.3 Å². The van der Waals surface area contributed by atoms with Gasteiger partial charge in [-0.25, -0.2) is 0 Å². The van der Waals surface area contributed by atoms with Gasteiger partial charge in [-0.1, -0.05) is 43.2 Å². The van der Waals surface area contributed by atoms with Crippen LogP contribution in [0.5, 0.6) is 5.75 Å². The predicted molar refractivity (Wildman–Crippen MR) is 139 cm³/mol. The number of likely N-dealkylation sites (tertiary alicyclic amines) is 1. The lowest BCUT2D eigenvalue weighted by Crippen LogP contribution is -2.42. The molecule has 1 N–H and O–H groups in total. The zero-order chi connectivity index (χ0) is 25.7. The highest BCUT2D eigenvalue weighted by atomic mass is 16.5. The number of unbranched alkanes of at least 4 members (excludes halogenated alkanes) is 1. The third-order valence-electron chi connectivity index (χ3n) is 6.91. The Labute approximate surface area is 213 Å². The van der Waals surface area contributed by atoms with Crippen LogP contribution < -0.4 is 4.74 Å². The van der Waals surface area contributed by atoms with Crippen molar-refractivity contribution in [1.82, 2.24) is 9.80 Å². The van der Waals surface area contributed by atoms with Crippen molar-refractivity contribution < 1.29 is 24.2 Å². The van der Waals surface area contributed by atoms with Crippen molar-refractivity contribution in [2.75, 3.05) is 46.0 Å². The maximum absolute atomic E-state index is 13.3. The Morgan fingerprint density at radius 3 is 2.47 bits per heavy atom. The Morgan fingerprint density at radius 1 is 1.06 bits per heavy atom. The van der Waals surface area contributed by atoms with Gasteiger partial charge in [-0.3, -0.25) is 14.5 Å². The van der Waals surface area contributed by atoms with Gasteiger partial charge < -0.3 is 19.5 Å². The zero-order valence-electron chi connectivity index (χ0n) is 21.5. The first-order valence-corrected chi connectivity index (χ1v) is 12.8. The highest BCUT2D eigenvalue weighted by Crippen LogP contribution is 2.40. The molecule has 0 spiro atoms. The zero-order valence-corrected chi connectivity index (χ0v) is 21.5. The standard InChI is InChI=1S/C29H36N2O5/c1-4-5-16-36-23-10-8-22(9-11-23)26-25(27(32)24-19-20(2)6-7-21(24)3)28(33)29(34)31(26)13-12-30-14-17-35-18-15-30/h6-11,19,26,32H,4-5,12-18H2,1-3H3/b27-25+. The fourth-order valence-corrected chi connectivity index (χ4v) is 4.75. The van der Waals surface area contributed by atoms with E-state index >= 15 is 0 Å². The normalized spacial score (nSPS) is 20.2. The molecule has 1 amide bonds. The summed E-state index contributed by atoms with van der Waals surface area (Å²) in [7, 11) is 0. The number of benzene rings is 2. The third-order valence-corrected chi connectivity index (χ3v) is 6.91. The quantitative estimate of drug-likeness (QED) is 0.244. The van der Waals surface area contributed by atoms with E-state index in [1.165, 1.54) is 0 Å². The number of aliphatic hydroxyl groups excluding tert-OH is 1. The number of ether oxygens (including phenoxy) is 2. The lowest BCUT2D eigenvalue weighted by molar-refractivity contribution is -0.140. The van der Waals surface area contributed by atoms with Gasteiger partial charge in [0.2, 0.25) is 0 Å². The van der Waals surface area contributed by atoms with Gasteiger partial charge in [-0.05, 0) is 49.6 Å². The average molecular weight is 493 g/mol. The van der Waals surface area contributed by atoms with Crippen LogP contribution in [0, 0.1) is 13.8 Å². The number of hydrogen-bond donors (Lipinski definition) is 1. The molecule has 2 saturated heterocycles. The number of amides is 1. The van der Waals surface area contributed by atoms with Crippen molar-refractivity contribution in [3.8, 4) is 5.75 Å². The average Bonchev–Trinajstić information content (AvgIpc) is 3.14. The lowest BCUT2D eigenvalue weighted by Gasteiger charge is -2.31. The molecule has 0 aromatic heterocycles. The lowest BCUT2D eigenvalue weighted by atomic mass is 9.93. The predicted octanol–water partition coefficient (Wildman–Crippen LogP) is 4.24. The van der Waals surface area contributed by atoms with E-state index < -0.39 is 17.7 Å². The summed E-state index contributed by atoms with van der Waals surface area (Å²) in [6.45, 7) is 10.5. The number of carbonyl (C=O) groups excluding carboxylic acids is 2. The fraction of sp³-hybridized carbons (Fsp3) is 0.448. The molecule has 2 heterocycles. The van der Waals surface area contributed by atoms with Gasteiger partial charge in [0.05, 0.1) is 31.4 Å². The molecule has 2 aliphatic rings. The minimum absolute atomic E-state index is 0.128. The van der Waals surface area contributed by atoms with Crippen LogP contribution in [0.15, 0.2) is 48.0 Å². The smallest absolute Gasteiger partial charge is 0.295 e. The number of morpholine rings is 1. The van der Waals surface area contributed by atoms with Gasteiger partial charge in [0.15, 0.2) is 0 Å². The van der Waals surface area contributed by atoms with E-state index in [2.05, 4.69) is 11.8 Å². The summed E-state index contributed by atoms with van der Waals surface area (Å²) < 4.78 is 11.2. The summed E-state index contributed by atoms with van der Waals surface area (Å²) in [4.78, 5) is 30.4. The number of hydrogen-bond acceptors (Lipinski definition) is 6. The molecule has 7 heteroatoms. The van der Waals surface area contributed by atoms with Crippen molar-refractivity contribution >= 4 is 17.4 Å². The van der Waals surface area contributed by atoms with Crippen LogP contribution in [0.2, 0.25) is 0 Å². The summed E-state index contributed by atoms with van der Waals surface area (Å²) in [5, 5.41) is 11.4. The first-order valence-electron chi connectivity index (χ1n) is 12.8. The number of nitrogens with zero attached hydrogens (tertiary/aromatic N) is 2. The van der Waals surface area contributed by atoms with Crippen molar-refractivity contribution in [1.29, 1.82) is 0 Å². The molecule has 0 saturated carbocycles. The minimum atomic E-state index is -0.671. The molecule has 2 aromatic carbocycles. The first-order chi connectivity index (χ1) is 17.4. The molecule has 0 aliphatic carbocycles. The van der Waals surface area contributed by atoms with Crippen LogP contribution in [0.4, 0.5) is 0 Å². The molecule has 0 bridgehead atoms. The van der Waals surface area contributed by atoms with Crippen LogP contribution in [-0.4, -0.2) is 72.6 Å². The van der Waals surface area contributed by atoms with Gasteiger partial charge in [0.1, 0.15) is 11.5 Å². The van der Waals surface area contributed by atoms with Gasteiger partial charge in [-0.2, -0.15) is 0 Å². The number of rotatable bonds is 9. The molecule has 2 fully saturated rings. The van der Waals surface area contributed by atoms with Crippen LogP contribution in [0.1, 0.15) is 48.1 Å². The van der Waals surface area contributed by atoms with E-state index in [-0.39, 0.29) is 11.3 Å². The van der Waals surface area contributed by atoms with Gasteiger partial charge in [0.25, 0.3) is 11.7 Å². The van der Waals surface area contributed by atoms with E-state index in [0.29, 0.717) is 38.5 Å². The van der Waals surface area contributed by atoms with Crippen molar-refractivity contribution in [2.45, 2.75) is 39.7 Å². The minimum Gasteiger partial charge on any atom is -0.507 e. The Bertz CT molecular complexity index is 1120. The van der Waals surface area contributed by atoms with E-state index in [1.54, 1.807) is 4.90 Å². The molecule has 4 rings (SSSR count). The maximum Gasteiger partial charge on any atom is 0.295 e. The van der Waals surface area contributed by atoms with Gasteiger partial charge in [-0.15, -0.1) is 0 Å². The molecule has 2 aromatic rings. The summed E-state index contributed by atoms with van der Waals surface area (Å²) in [6.07, 6.45) is 2.02. The molecule has 1 atom stereocenters. The molecule has 1 unspecified atom stereocenters. The van der Waals surface area contributed by atoms with Gasteiger partial charge >= 0.3 is 0 Å². The van der Waals surface area contributed by atoms with Crippen molar-refractivity contribution in [3.05, 3.63) is 70.3 Å². The third kappa shape index (κ3) is 5.63. The molecule has 2 aliphatic heterocycles. The Hall–Kier alpha value is -3.16. The summed E-state index contributed by atoms with van der Waals surface area (Å²) in [5.41, 5.74) is 3.29. The molecule has 0 radical (unpaired) electrons. The van der Waals surface area contributed by atoms with E-state index in [9.17, 15) is 14.7 Å². The summed E-state index contributed by atoms with van der Waals surface area (Å²) in [6, 6.07) is 12.6. The number of Topliss-reactive ketones (excluding diaryl/α,β-unsaturated/α-hetero) is 1. The number of aliphatic hydroxyl groups is 1. The Balaban J connectivity index is 1.71. The van der Waals surface area contributed by atoms with Crippen LogP contribution in [0.3, 0.4) is 0 Å². The second kappa shape index (κ2) is 11.7. The SMILES string of the molecule is CCCCOc1ccc(C2/C(=C(\O)c3cc(C)ccc3C)C(=O)C(=O)N2CCN2CCOCC2)cc1. The molecule has 36 heavy (non-hydrogen) atoms. The monoisotopic (exact) mass is 492 g/mol. The summed E-state index contributed by atoms with van der Waals surface area (Å²) >= 11 is 0. The maximum atomic E-state index is 13.3. The number of aryl methyl sites for hydroxylation is 2. The second-order valence-electron chi connectivity index (χ2n) is 9.54. The van der Waals surface area contributed by atoms with E-state index in [1.807, 2.05) is 56.3 Å². The van der Waals surface area contributed by atoms with Crippen molar-refractivity contribution in [3.63, 3.8) is 0 Å². The molecular weight excluding hydrogens is 456 g/mol. The second-order valence-corrected chi connectivity index (χ2v) is 9.54. The Morgan fingerprint density at radius 2 is 1.78 bits per heavy atom. The van der Waals surface area contributed by atoms with Crippen molar-refractivity contribution in [2.24, 2.45) is 0 Å². The number of carbonyl (C=O) groups is 2. The summed E-state index contributed by atoms with van der Waals surface area (Å²) in [5.74, 6) is -0.615. The Kier molecular flexibility index (Phi) is 8.44. The van der Waals surface area contributed by atoms with Crippen LogP contribution >= 0.6 is 0 Å². The van der Waals surface area contributed by atoms with E-state index in [0.717, 1.165) is 48.4 Å². The number of ketones is 1. The van der Waals surface area contributed by atoms with Gasteiger partial charge in [0, 0.05) is 31.7 Å². The first kappa shape index (κ1) is 25.9. The fourth-order valence-electron chi connectivity index (χ4n) is 4.75. The molecular formula is C29H36N2O5. The van der Waals surface area contributed by atoms with E-state index in [4.69, 9.17) is 9.47 Å². The largest absolute Gasteiger partial charge is 0.507 e. The molecule has 7 nitrogen and oxygen atoms in total. The highest BCUT2D eigenvalue weighted by Gasteiger charge is 2.46. The highest BCUT2D eigenvalue weighted by molar-refractivity contribution is 6.46.